The zero-order chi connectivity index (χ0) is 28.7. The number of thiazole rings is 1. The number of nitrogen functional groups attached to an aromatic ring is 1. The third kappa shape index (κ3) is 4.62. The Bertz CT molecular complexity index is 1690. The lowest BCUT2D eigenvalue weighted by atomic mass is 10.0. The minimum atomic E-state index is -1.31. The first-order chi connectivity index (χ1) is 19.1. The fourth-order valence-electron chi connectivity index (χ4n) is 3.94. The first-order valence-electron chi connectivity index (χ1n) is 11.0. The van der Waals surface area contributed by atoms with Crippen molar-refractivity contribution in [1.82, 2.24) is 40.1 Å². The van der Waals surface area contributed by atoms with Gasteiger partial charge in [-0.05, 0) is 22.1 Å². The molecule has 7 N–H and O–H groups in total. The first-order valence-corrected chi connectivity index (χ1v) is 13.9. The largest absolute Gasteiger partial charge is 0.477 e. The first kappa shape index (κ1) is 27.1. The molecular formula is C19H18N12O6S3. The van der Waals surface area contributed by atoms with Crippen LogP contribution in [0.15, 0.2) is 32.9 Å². The van der Waals surface area contributed by atoms with E-state index in [1.807, 2.05) is 0 Å². The fraction of sp³-hybridized carbons (Fsp3) is 0.263. The molecule has 3 aromatic rings. The highest BCUT2D eigenvalue weighted by molar-refractivity contribution is 8.01. The smallest absolute Gasteiger partial charge is 0.352 e. The van der Waals surface area contributed by atoms with Crippen LogP contribution in [0.3, 0.4) is 0 Å². The molecule has 0 unspecified atom stereocenters. The number of oxime groups is 1. The molecule has 208 valence electrons. The average Bonchev–Trinajstić information content (AvgIpc) is 3.53. The normalized spacial score (nSPS) is 18.9. The number of nitrogens with two attached hydrogens (primary N) is 2. The van der Waals surface area contributed by atoms with Crippen LogP contribution >= 0.6 is 34.9 Å². The van der Waals surface area contributed by atoms with E-state index in [0.717, 1.165) is 37.3 Å². The van der Waals surface area contributed by atoms with Crippen LogP contribution < -0.4 is 21.7 Å². The number of fused-ring (bicyclic) bond motifs is 2. The summed E-state index contributed by atoms with van der Waals surface area (Å²) in [6.07, 6.45) is 0. The molecule has 1 saturated heterocycles. The minimum Gasteiger partial charge on any atom is -0.477 e. The van der Waals surface area contributed by atoms with Crippen molar-refractivity contribution in [3.63, 3.8) is 0 Å². The van der Waals surface area contributed by atoms with Gasteiger partial charge in [-0.1, -0.05) is 16.9 Å². The lowest BCUT2D eigenvalue weighted by molar-refractivity contribution is -0.150. The Labute approximate surface area is 234 Å². The average molecular weight is 607 g/mol. The van der Waals surface area contributed by atoms with Crippen LogP contribution in [0.2, 0.25) is 0 Å². The number of nitrogens with one attached hydrogen (secondary N) is 2. The highest BCUT2D eigenvalue weighted by Crippen LogP contribution is 2.41. The molecule has 3 aromatic heterocycles. The Morgan fingerprint density at radius 2 is 2.17 bits per heavy atom. The number of thioether (sulfide) groups is 2. The van der Waals surface area contributed by atoms with Crippen molar-refractivity contribution in [3.05, 3.63) is 38.8 Å². The number of hydrogen-bond acceptors (Lipinski definition) is 15. The molecule has 1 fully saturated rings. The van der Waals surface area contributed by atoms with E-state index in [2.05, 4.69) is 31.1 Å². The van der Waals surface area contributed by atoms with E-state index < -0.39 is 35.1 Å². The highest BCUT2D eigenvalue weighted by Gasteiger charge is 2.54. The van der Waals surface area contributed by atoms with E-state index in [1.165, 1.54) is 30.3 Å². The van der Waals surface area contributed by atoms with Gasteiger partial charge in [0.1, 0.15) is 34.9 Å². The SMILES string of the molecule is CON=C(C(=O)N[C@@H]1C(=O)N2C(C(=O)O)=C(CSc3cc(C(N)=O)c4nnnn4n3)CS[C@@H]12)c1csc(=N)n1N. The van der Waals surface area contributed by atoms with Crippen LogP contribution in [-0.2, 0) is 19.2 Å². The molecule has 0 bridgehead atoms. The van der Waals surface area contributed by atoms with Crippen molar-refractivity contribution in [2.24, 2.45) is 10.9 Å². The Hall–Kier alpha value is -4.50. The van der Waals surface area contributed by atoms with Crippen molar-refractivity contribution in [2.75, 3.05) is 24.5 Å². The van der Waals surface area contributed by atoms with Crippen molar-refractivity contribution < 1.29 is 29.1 Å². The van der Waals surface area contributed by atoms with Crippen molar-refractivity contribution in [1.29, 1.82) is 5.41 Å². The number of primary amides is 1. The molecule has 0 aromatic carbocycles. The van der Waals surface area contributed by atoms with Crippen LogP contribution in [0.5, 0.6) is 0 Å². The number of tetrazole rings is 1. The summed E-state index contributed by atoms with van der Waals surface area (Å²) >= 11 is 3.35. The number of aliphatic carboxylic acids is 1. The molecule has 5 heterocycles. The van der Waals surface area contributed by atoms with E-state index in [4.69, 9.17) is 21.8 Å². The van der Waals surface area contributed by atoms with Crippen LogP contribution in [-0.4, -0.2) is 99.4 Å². The van der Waals surface area contributed by atoms with E-state index in [9.17, 15) is 24.3 Å². The number of carbonyl (C=O) groups is 4. The van der Waals surface area contributed by atoms with Gasteiger partial charge in [0.25, 0.3) is 17.7 Å². The molecule has 3 amide bonds. The molecular weight excluding hydrogens is 588 g/mol. The third-order valence-corrected chi connectivity index (χ3v) is 8.84. The maximum absolute atomic E-state index is 13.1. The van der Waals surface area contributed by atoms with Gasteiger partial charge in [0.2, 0.25) is 10.4 Å². The number of hydrogen-bond donors (Lipinski definition) is 5. The van der Waals surface area contributed by atoms with Gasteiger partial charge in [0, 0.05) is 16.9 Å². The second-order valence-corrected chi connectivity index (χ2v) is 11.0. The van der Waals surface area contributed by atoms with E-state index in [-0.39, 0.29) is 44.6 Å². The summed E-state index contributed by atoms with van der Waals surface area (Å²) in [5.74, 6) is 2.67. The molecule has 5 rings (SSSR count). The predicted molar refractivity (Wildman–Crippen MR) is 139 cm³/mol. The van der Waals surface area contributed by atoms with Gasteiger partial charge in [0.05, 0.1) is 5.56 Å². The third-order valence-electron chi connectivity index (χ3n) is 5.75. The number of carboxylic acids is 1. The summed E-state index contributed by atoms with van der Waals surface area (Å²) in [7, 11) is 1.23. The van der Waals surface area contributed by atoms with Crippen LogP contribution in [0.25, 0.3) is 5.65 Å². The maximum atomic E-state index is 13.1. The van der Waals surface area contributed by atoms with Gasteiger partial charge in [-0.15, -0.1) is 37.9 Å². The molecule has 0 aliphatic carbocycles. The Kier molecular flexibility index (Phi) is 7.16. The summed E-state index contributed by atoms with van der Waals surface area (Å²) in [5.41, 5.74) is 5.62. The standard InChI is InChI=1S/C19H18N12O6S3/c1-37-26-10(8-5-40-19(21)30(8)22)15(33)23-11-16(34)29-12(18(35)36)6(4-39-17(11)29)3-38-9-2-7(13(20)32)14-24-27-28-31(14)25-9/h2,5,11,17,21H,3-4,22H2,1H3,(H2,20,32)(H,23,33)(H,35,36)/t11-,17+/m1/s1. The monoisotopic (exact) mass is 606 g/mol. The van der Waals surface area contributed by atoms with Crippen molar-refractivity contribution in [3.8, 4) is 0 Å². The van der Waals surface area contributed by atoms with Crippen molar-refractivity contribution >= 4 is 69.9 Å². The van der Waals surface area contributed by atoms with Crippen LogP contribution in [0, 0.1) is 5.41 Å². The number of carboxylic acid groups (broad SMARTS) is 1. The number of rotatable bonds is 9. The molecule has 2 aliphatic rings. The number of amides is 3. The maximum Gasteiger partial charge on any atom is 0.352 e. The van der Waals surface area contributed by atoms with Gasteiger partial charge in [0.15, 0.2) is 5.71 Å². The molecule has 21 heteroatoms. The number of carbonyl (C=O) groups excluding carboxylic acids is 3. The lowest BCUT2D eigenvalue weighted by Gasteiger charge is -2.49. The number of nitrogens with zero attached hydrogens (tertiary/aromatic N) is 8. The fourth-order valence-corrected chi connectivity index (χ4v) is 6.97. The Balaban J connectivity index is 1.34. The molecule has 2 atom stereocenters. The summed E-state index contributed by atoms with van der Waals surface area (Å²) in [4.78, 5) is 55.9. The van der Waals surface area contributed by atoms with Crippen LogP contribution in [0.1, 0.15) is 16.1 Å². The Morgan fingerprint density at radius 1 is 1.40 bits per heavy atom. The summed E-state index contributed by atoms with van der Waals surface area (Å²) < 4.78 is 1.99. The van der Waals surface area contributed by atoms with Gasteiger partial charge in [-0.25, -0.2) is 9.47 Å². The van der Waals surface area contributed by atoms with Crippen LogP contribution in [0.4, 0.5) is 0 Å². The second kappa shape index (κ2) is 10.6. The summed E-state index contributed by atoms with van der Waals surface area (Å²) in [6.45, 7) is 0. The topological polar surface area (TPSA) is 262 Å². The molecule has 40 heavy (non-hydrogen) atoms. The second-order valence-electron chi connectivity index (χ2n) is 8.08. The Morgan fingerprint density at radius 3 is 2.83 bits per heavy atom. The van der Waals surface area contributed by atoms with Crippen molar-refractivity contribution in [2.45, 2.75) is 16.4 Å². The molecule has 18 nitrogen and oxygen atoms in total. The van der Waals surface area contributed by atoms with E-state index in [0.29, 0.717) is 10.6 Å². The van der Waals surface area contributed by atoms with E-state index in [1.54, 1.807) is 0 Å². The summed E-state index contributed by atoms with van der Waals surface area (Å²) in [6, 6.07) is 0.366. The molecule has 0 spiro atoms. The summed E-state index contributed by atoms with van der Waals surface area (Å²) in [5, 5.41) is 40.1. The van der Waals surface area contributed by atoms with Gasteiger partial charge >= 0.3 is 5.97 Å². The molecule has 0 radical (unpaired) electrons. The quantitative estimate of drug-likeness (QED) is 0.0558. The van der Waals surface area contributed by atoms with Gasteiger partial charge in [-0.3, -0.25) is 24.7 Å². The number of β-lactam (4-membered cyclic amide) rings is 1. The zero-order valence-electron chi connectivity index (χ0n) is 20.2. The molecule has 2 aliphatic heterocycles. The zero-order valence-corrected chi connectivity index (χ0v) is 22.6. The predicted octanol–water partition coefficient (Wildman–Crippen LogP) is -2.44. The van der Waals surface area contributed by atoms with Gasteiger partial charge < -0.3 is 26.8 Å². The number of aromatic nitrogens is 6. The minimum absolute atomic E-state index is 0.0408. The van der Waals surface area contributed by atoms with Gasteiger partial charge in [-0.2, -0.15) is 0 Å². The highest BCUT2D eigenvalue weighted by atomic mass is 32.2. The molecule has 0 saturated carbocycles. The lowest BCUT2D eigenvalue weighted by Crippen LogP contribution is -2.71. The van der Waals surface area contributed by atoms with E-state index >= 15 is 0 Å².